The van der Waals surface area contributed by atoms with Crippen molar-refractivity contribution in [1.82, 2.24) is 4.57 Å². The van der Waals surface area contributed by atoms with Gasteiger partial charge in [-0.25, -0.2) is 4.79 Å². The Morgan fingerprint density at radius 1 is 0.903 bits per heavy atom. The van der Waals surface area contributed by atoms with Crippen LogP contribution in [0.1, 0.15) is 25.1 Å². The molecule has 5 nitrogen and oxygen atoms in total. The Hall–Kier alpha value is -3.47. The molecule has 0 aliphatic heterocycles. The number of aryl methyl sites for hydroxylation is 1. The van der Waals surface area contributed by atoms with E-state index in [1.165, 1.54) is 17.0 Å². The molecule has 0 saturated carbocycles. The van der Waals surface area contributed by atoms with E-state index < -0.39 is 5.97 Å². The van der Waals surface area contributed by atoms with Crippen LogP contribution < -0.4 is 4.74 Å². The molecule has 0 saturated heterocycles. The van der Waals surface area contributed by atoms with Gasteiger partial charge in [-0.2, -0.15) is 0 Å². The monoisotopic (exact) mass is 419 g/mol. The topological polar surface area (TPSA) is 49.7 Å². The molecule has 0 aliphatic carbocycles. The van der Waals surface area contributed by atoms with Crippen LogP contribution in [0.2, 0.25) is 0 Å². The lowest BCUT2D eigenvalue weighted by Crippen LogP contribution is -2.11. The summed E-state index contributed by atoms with van der Waals surface area (Å²) in [6.45, 7) is 7.72. The second kappa shape index (κ2) is 11.1. The highest BCUT2D eigenvalue weighted by atomic mass is 16.6. The summed E-state index contributed by atoms with van der Waals surface area (Å²) >= 11 is 0. The molecule has 5 heteroatoms. The fourth-order valence-corrected chi connectivity index (χ4v) is 3.31. The lowest BCUT2D eigenvalue weighted by atomic mass is 10.1. The molecule has 2 aromatic carbocycles. The van der Waals surface area contributed by atoms with E-state index in [2.05, 4.69) is 35.8 Å². The molecular weight excluding hydrogens is 390 g/mol. The third kappa shape index (κ3) is 6.01. The van der Waals surface area contributed by atoms with Crippen molar-refractivity contribution < 1.29 is 19.0 Å². The van der Waals surface area contributed by atoms with Crippen molar-refractivity contribution >= 4 is 12.0 Å². The van der Waals surface area contributed by atoms with Crippen LogP contribution in [-0.4, -0.2) is 30.4 Å². The fraction of sp³-hybridized carbons (Fsp3) is 0.269. The standard InChI is InChI=1S/C26H29NO4/c1-4-29-25(26(28)30-5-2)19-21-12-14-23(15-13-21)31-18-17-27-20(3)11-16-24(27)22-9-7-6-8-10-22/h6-16,19H,4-5,17-18H2,1-3H3. The third-order valence-electron chi connectivity index (χ3n) is 4.81. The molecule has 3 aromatic rings. The third-order valence-corrected chi connectivity index (χ3v) is 4.81. The van der Waals surface area contributed by atoms with Gasteiger partial charge in [0.15, 0.2) is 0 Å². The molecule has 0 radical (unpaired) electrons. The second-order valence-corrected chi connectivity index (χ2v) is 6.96. The molecule has 0 fully saturated rings. The maximum Gasteiger partial charge on any atom is 0.373 e. The molecule has 1 aromatic heterocycles. The first-order chi connectivity index (χ1) is 15.1. The highest BCUT2D eigenvalue weighted by Gasteiger charge is 2.12. The molecule has 162 valence electrons. The number of aromatic nitrogens is 1. The van der Waals surface area contributed by atoms with Gasteiger partial charge in [-0.15, -0.1) is 0 Å². The van der Waals surface area contributed by atoms with Crippen molar-refractivity contribution in [2.75, 3.05) is 19.8 Å². The summed E-state index contributed by atoms with van der Waals surface area (Å²) in [5.41, 5.74) is 4.42. The maximum absolute atomic E-state index is 12.0. The Kier molecular flexibility index (Phi) is 7.93. The predicted molar refractivity (Wildman–Crippen MR) is 123 cm³/mol. The Morgan fingerprint density at radius 3 is 2.29 bits per heavy atom. The minimum atomic E-state index is -0.457. The Morgan fingerprint density at radius 2 is 1.61 bits per heavy atom. The van der Waals surface area contributed by atoms with E-state index in [0.29, 0.717) is 19.8 Å². The Balaban J connectivity index is 1.62. The van der Waals surface area contributed by atoms with Gasteiger partial charge in [-0.1, -0.05) is 42.5 Å². The number of rotatable bonds is 10. The number of nitrogens with zero attached hydrogens (tertiary/aromatic N) is 1. The Labute approximate surface area is 183 Å². The van der Waals surface area contributed by atoms with Crippen molar-refractivity contribution in [2.45, 2.75) is 27.3 Å². The molecule has 0 atom stereocenters. The summed E-state index contributed by atoms with van der Waals surface area (Å²) in [6.07, 6.45) is 1.68. The van der Waals surface area contributed by atoms with Gasteiger partial charge < -0.3 is 18.8 Å². The highest BCUT2D eigenvalue weighted by molar-refractivity contribution is 5.91. The van der Waals surface area contributed by atoms with E-state index in [9.17, 15) is 4.79 Å². The van der Waals surface area contributed by atoms with Crippen LogP contribution in [0.25, 0.3) is 17.3 Å². The quantitative estimate of drug-likeness (QED) is 0.248. The molecule has 0 aliphatic rings. The number of ether oxygens (including phenoxy) is 3. The van der Waals surface area contributed by atoms with Gasteiger partial charge in [-0.05, 0) is 62.2 Å². The largest absolute Gasteiger partial charge is 0.492 e. The number of hydrogen-bond donors (Lipinski definition) is 0. The van der Waals surface area contributed by atoms with Crippen LogP contribution in [0, 0.1) is 6.92 Å². The van der Waals surface area contributed by atoms with E-state index in [1.54, 1.807) is 13.0 Å². The molecule has 31 heavy (non-hydrogen) atoms. The molecule has 0 spiro atoms. The van der Waals surface area contributed by atoms with Crippen LogP contribution in [-0.2, 0) is 20.8 Å². The fourth-order valence-electron chi connectivity index (χ4n) is 3.31. The van der Waals surface area contributed by atoms with Gasteiger partial charge in [0.05, 0.1) is 19.8 Å². The van der Waals surface area contributed by atoms with Gasteiger partial charge >= 0.3 is 5.97 Å². The average molecular weight is 420 g/mol. The zero-order valence-electron chi connectivity index (χ0n) is 18.3. The molecule has 3 rings (SSSR count). The van der Waals surface area contributed by atoms with Crippen molar-refractivity contribution in [3.8, 4) is 17.0 Å². The normalized spacial score (nSPS) is 11.3. The minimum Gasteiger partial charge on any atom is -0.492 e. The number of benzene rings is 2. The van der Waals surface area contributed by atoms with Crippen LogP contribution in [0.4, 0.5) is 0 Å². The number of carbonyl (C=O) groups is 1. The lowest BCUT2D eigenvalue weighted by molar-refractivity contribution is -0.142. The summed E-state index contributed by atoms with van der Waals surface area (Å²) in [5, 5.41) is 0. The lowest BCUT2D eigenvalue weighted by Gasteiger charge is -2.13. The molecule has 0 N–H and O–H groups in total. The SMILES string of the molecule is CCOC(=O)C(=Cc1ccc(OCCn2c(C)ccc2-c2ccccc2)cc1)OCC. The van der Waals surface area contributed by atoms with Crippen molar-refractivity contribution in [1.29, 1.82) is 0 Å². The maximum atomic E-state index is 12.0. The second-order valence-electron chi connectivity index (χ2n) is 6.96. The average Bonchev–Trinajstić information content (AvgIpc) is 3.16. The Bertz CT molecular complexity index is 1000. The molecule has 0 amide bonds. The van der Waals surface area contributed by atoms with Crippen LogP contribution >= 0.6 is 0 Å². The van der Waals surface area contributed by atoms with Gasteiger partial charge in [0.1, 0.15) is 12.4 Å². The smallest absolute Gasteiger partial charge is 0.373 e. The molecule has 0 bridgehead atoms. The van der Waals surface area contributed by atoms with E-state index >= 15 is 0 Å². The summed E-state index contributed by atoms with van der Waals surface area (Å²) in [6, 6.07) is 22.2. The number of carbonyl (C=O) groups excluding carboxylic acids is 1. The highest BCUT2D eigenvalue weighted by Crippen LogP contribution is 2.22. The summed E-state index contributed by atoms with van der Waals surface area (Å²) in [4.78, 5) is 12.0. The molecular formula is C26H29NO4. The van der Waals surface area contributed by atoms with Gasteiger partial charge in [0.2, 0.25) is 5.76 Å². The van der Waals surface area contributed by atoms with Gasteiger partial charge in [0, 0.05) is 11.4 Å². The molecule has 0 unspecified atom stereocenters. The van der Waals surface area contributed by atoms with Gasteiger partial charge in [-0.3, -0.25) is 0 Å². The van der Waals surface area contributed by atoms with E-state index in [4.69, 9.17) is 14.2 Å². The van der Waals surface area contributed by atoms with Crippen molar-refractivity contribution in [2.24, 2.45) is 0 Å². The van der Waals surface area contributed by atoms with E-state index in [0.717, 1.165) is 17.9 Å². The first-order valence-corrected chi connectivity index (χ1v) is 10.6. The molecule has 1 heterocycles. The number of hydrogen-bond acceptors (Lipinski definition) is 4. The van der Waals surface area contributed by atoms with Crippen molar-refractivity contribution in [3.63, 3.8) is 0 Å². The number of esters is 1. The first-order valence-electron chi connectivity index (χ1n) is 10.6. The summed E-state index contributed by atoms with van der Waals surface area (Å²) in [5.74, 6) is 0.521. The first kappa shape index (κ1) is 22.2. The van der Waals surface area contributed by atoms with E-state index in [1.807, 2.05) is 49.4 Å². The van der Waals surface area contributed by atoms with Crippen LogP contribution in [0.15, 0.2) is 72.5 Å². The van der Waals surface area contributed by atoms with Crippen molar-refractivity contribution in [3.05, 3.63) is 83.7 Å². The van der Waals surface area contributed by atoms with E-state index in [-0.39, 0.29) is 5.76 Å². The zero-order valence-corrected chi connectivity index (χ0v) is 18.3. The zero-order chi connectivity index (χ0) is 22.1. The van der Waals surface area contributed by atoms with Crippen LogP contribution in [0.5, 0.6) is 5.75 Å². The summed E-state index contributed by atoms with van der Waals surface area (Å²) < 4.78 is 18.7. The minimum absolute atomic E-state index is 0.203. The van der Waals surface area contributed by atoms with Crippen LogP contribution in [0.3, 0.4) is 0 Å². The van der Waals surface area contributed by atoms with Gasteiger partial charge in [0.25, 0.3) is 0 Å². The summed E-state index contributed by atoms with van der Waals surface area (Å²) in [7, 11) is 0. The predicted octanol–water partition coefficient (Wildman–Crippen LogP) is 5.48.